The second-order valence-corrected chi connectivity index (χ2v) is 14.6. The van der Waals surface area contributed by atoms with Crippen LogP contribution < -0.4 is 19.9 Å². The highest BCUT2D eigenvalue weighted by Crippen LogP contribution is 2.32. The molecule has 57 heavy (non-hydrogen) atoms. The van der Waals surface area contributed by atoms with Crippen molar-refractivity contribution in [3.05, 3.63) is 47.5 Å². The molecule has 5 unspecified atom stereocenters. The number of anilines is 1. The Morgan fingerprint density at radius 1 is 0.860 bits per heavy atom. The molecule has 2 saturated heterocycles. The summed E-state index contributed by atoms with van der Waals surface area (Å²) in [6.07, 6.45) is -4.39. The number of likely N-dealkylation sites (tertiary alicyclic amines) is 1. The minimum absolute atomic E-state index is 0.00464. The number of nitrogen functional groups attached to an aromatic ring is 1. The van der Waals surface area contributed by atoms with E-state index in [1.165, 1.54) is 28.0 Å². The Morgan fingerprint density at radius 2 is 1.54 bits per heavy atom. The van der Waals surface area contributed by atoms with Crippen LogP contribution >= 0.6 is 0 Å². The van der Waals surface area contributed by atoms with Gasteiger partial charge in [0.25, 0.3) is 0 Å². The van der Waals surface area contributed by atoms with Crippen molar-refractivity contribution in [3.63, 3.8) is 0 Å². The van der Waals surface area contributed by atoms with Crippen molar-refractivity contribution in [2.24, 2.45) is 0 Å². The van der Waals surface area contributed by atoms with Gasteiger partial charge in [-0.3, -0.25) is 4.90 Å². The first-order chi connectivity index (χ1) is 27.3. The topological polar surface area (TPSA) is 232 Å². The lowest BCUT2D eigenvalue weighted by atomic mass is 9.91. The second kappa shape index (κ2) is 20.2. The maximum absolute atomic E-state index is 13.0. The predicted octanol–water partition coefficient (Wildman–Crippen LogP) is 1.84. The second-order valence-electron chi connectivity index (χ2n) is 14.6. The summed E-state index contributed by atoms with van der Waals surface area (Å²) in [5.74, 6) is -0.152. The Morgan fingerprint density at radius 3 is 2.25 bits per heavy atom. The molecule has 5 rings (SSSR count). The number of carbonyl (C=O) groups excluding carboxylic acids is 2. The quantitative estimate of drug-likeness (QED) is 0.152. The molecule has 0 bridgehead atoms. The van der Waals surface area contributed by atoms with E-state index in [1.807, 2.05) is 18.2 Å². The van der Waals surface area contributed by atoms with Crippen LogP contribution in [0.3, 0.4) is 0 Å². The van der Waals surface area contributed by atoms with E-state index < -0.39 is 48.9 Å². The smallest absolute Gasteiger partial charge is 0.409 e. The molecule has 3 aliphatic rings. The number of aliphatic hydroxyl groups excluding tert-OH is 3. The molecule has 2 heterocycles. The van der Waals surface area contributed by atoms with Gasteiger partial charge in [0.05, 0.1) is 32.6 Å². The van der Waals surface area contributed by atoms with Gasteiger partial charge in [-0.1, -0.05) is 25.0 Å². The molecule has 0 aromatic heterocycles. The molecule has 18 nitrogen and oxygen atoms in total. The van der Waals surface area contributed by atoms with E-state index in [2.05, 4.69) is 4.90 Å². The number of aliphatic hydroxyl groups is 3. The summed E-state index contributed by atoms with van der Waals surface area (Å²) in [6, 6.07) is 10.6. The van der Waals surface area contributed by atoms with E-state index >= 15 is 0 Å². The van der Waals surface area contributed by atoms with Crippen LogP contribution in [0.4, 0.5) is 15.3 Å². The van der Waals surface area contributed by atoms with Gasteiger partial charge in [-0.2, -0.15) is 0 Å². The maximum atomic E-state index is 13.0. The molecule has 1 aliphatic carbocycles. The molecule has 8 atom stereocenters. The number of hydrogen-bond donors (Lipinski definition) is 5. The molecular weight excluding hydrogens is 748 g/mol. The third kappa shape index (κ3) is 11.3. The Hall–Kier alpha value is -4.59. The third-order valence-corrected chi connectivity index (χ3v) is 10.6. The molecular formula is C39H56N4O14. The first-order valence-corrected chi connectivity index (χ1v) is 19.1. The molecule has 1 saturated carbocycles. The number of aliphatic carboxylic acids is 1. The number of carbonyl (C=O) groups is 3. The van der Waals surface area contributed by atoms with Crippen molar-refractivity contribution in [1.82, 2.24) is 14.7 Å². The lowest BCUT2D eigenvalue weighted by molar-refractivity contribution is -0.271. The number of likely N-dealkylation sites (N-methyl/N-ethyl adjacent to an activating group) is 2. The summed E-state index contributed by atoms with van der Waals surface area (Å²) in [6.45, 7) is 2.29. The number of carboxylic acid groups (broad SMARTS) is 1. The van der Waals surface area contributed by atoms with E-state index in [9.17, 15) is 34.8 Å². The highest BCUT2D eigenvalue weighted by atomic mass is 16.7. The summed E-state index contributed by atoms with van der Waals surface area (Å²) in [5.41, 5.74) is 7.74. The average molecular weight is 805 g/mol. The number of amides is 2. The molecule has 316 valence electrons. The molecule has 18 heteroatoms. The van der Waals surface area contributed by atoms with Crippen molar-refractivity contribution < 1.29 is 68.0 Å². The van der Waals surface area contributed by atoms with Gasteiger partial charge in [0.2, 0.25) is 6.29 Å². The molecule has 0 spiro atoms. The van der Waals surface area contributed by atoms with Crippen molar-refractivity contribution in [1.29, 1.82) is 0 Å². The minimum Gasteiger partial charge on any atom is -0.493 e. The number of hydrogen-bond acceptors (Lipinski definition) is 15. The molecule has 2 aromatic carbocycles. The molecule has 0 radical (unpaired) electrons. The van der Waals surface area contributed by atoms with Gasteiger partial charge in [0.15, 0.2) is 17.6 Å². The van der Waals surface area contributed by atoms with E-state index in [0.29, 0.717) is 30.2 Å². The van der Waals surface area contributed by atoms with Gasteiger partial charge >= 0.3 is 18.2 Å². The van der Waals surface area contributed by atoms with Crippen molar-refractivity contribution >= 4 is 23.8 Å². The zero-order valence-electron chi connectivity index (χ0n) is 32.9. The average Bonchev–Trinajstić information content (AvgIpc) is 3.67. The zero-order chi connectivity index (χ0) is 41.2. The van der Waals surface area contributed by atoms with Crippen molar-refractivity contribution in [3.8, 4) is 17.2 Å². The summed E-state index contributed by atoms with van der Waals surface area (Å²) in [7, 11) is 6.40. The summed E-state index contributed by atoms with van der Waals surface area (Å²) in [5, 5.41) is 39.4. The number of benzene rings is 2. The first-order valence-electron chi connectivity index (χ1n) is 19.1. The number of nitrogens with zero attached hydrogens (tertiary/aromatic N) is 3. The SMILES string of the molecule is COc1ccc(CCO[C@H]2CCCC[C@H]2N2CC[C@H](OC(=O)N(C)CCN(C)C(=O)OCc3ccc(OC4OC(C(=O)O)C(O)C(O)C4O)c(N)c3)C2)cc1OC. The number of methoxy groups -OCH3 is 2. The zero-order valence-corrected chi connectivity index (χ0v) is 32.9. The number of carboxylic acids is 1. The van der Waals surface area contributed by atoms with Crippen LogP contribution in [-0.2, 0) is 36.8 Å². The molecule has 2 aliphatic heterocycles. The van der Waals surface area contributed by atoms with Gasteiger partial charge in [0, 0.05) is 46.3 Å². The molecule has 3 fully saturated rings. The van der Waals surface area contributed by atoms with Gasteiger partial charge in [-0.15, -0.1) is 0 Å². The number of ether oxygens (including phenoxy) is 7. The van der Waals surface area contributed by atoms with Crippen molar-refractivity contribution in [2.75, 3.05) is 66.8 Å². The third-order valence-electron chi connectivity index (χ3n) is 10.6. The van der Waals surface area contributed by atoms with Gasteiger partial charge in [-0.25, -0.2) is 14.4 Å². The van der Waals surface area contributed by atoms with Crippen LogP contribution in [0.25, 0.3) is 0 Å². The van der Waals surface area contributed by atoms with Gasteiger partial charge in [0.1, 0.15) is 36.8 Å². The van der Waals surface area contributed by atoms with E-state index in [1.54, 1.807) is 28.3 Å². The Bertz CT molecular complexity index is 1670. The first kappa shape index (κ1) is 43.5. The van der Waals surface area contributed by atoms with Gasteiger partial charge < -0.3 is 69.1 Å². The lowest BCUT2D eigenvalue weighted by Crippen LogP contribution is -2.61. The lowest BCUT2D eigenvalue weighted by Gasteiger charge is -2.38. The highest BCUT2D eigenvalue weighted by molar-refractivity contribution is 5.73. The Labute approximate surface area is 331 Å². The fraction of sp³-hybridized carbons (Fsp3) is 0.615. The van der Waals surface area contributed by atoms with Crippen LogP contribution in [0.1, 0.15) is 43.2 Å². The van der Waals surface area contributed by atoms with Crippen LogP contribution in [-0.4, -0.2) is 163 Å². The van der Waals surface area contributed by atoms with Crippen LogP contribution in [0.2, 0.25) is 0 Å². The summed E-state index contributed by atoms with van der Waals surface area (Å²) < 4.78 is 39.1. The van der Waals surface area contributed by atoms with Crippen LogP contribution in [0.15, 0.2) is 36.4 Å². The maximum Gasteiger partial charge on any atom is 0.409 e. The predicted molar refractivity (Wildman–Crippen MR) is 203 cm³/mol. The van der Waals surface area contributed by atoms with Crippen LogP contribution in [0, 0.1) is 0 Å². The number of rotatable bonds is 16. The molecule has 6 N–H and O–H groups in total. The van der Waals surface area contributed by atoms with E-state index in [4.69, 9.17) is 38.9 Å². The fourth-order valence-corrected chi connectivity index (χ4v) is 7.24. The summed E-state index contributed by atoms with van der Waals surface area (Å²) >= 11 is 0. The standard InChI is InChI=1S/C39H56N4O14/c1-41(38(49)54-22-24-10-11-28(26(40)19-24)56-37-34(46)32(44)33(45)35(57-37)36(47)48)16-17-42(2)39(50)55-25-13-15-43(21-25)27-7-5-6-8-29(27)53-18-14-23-9-12-30(51-3)31(20-23)52-4/h9-12,19-20,25,27,29,32-35,37,44-46H,5-8,13-18,21-22,40H2,1-4H3,(H,47,48)/t25-,27+,29-,32?,33?,34?,35?,37?/m0/s1. The number of nitrogens with two attached hydrogens (primary N) is 1. The molecule has 2 amide bonds. The Kier molecular flexibility index (Phi) is 15.4. The van der Waals surface area contributed by atoms with E-state index in [-0.39, 0.29) is 49.4 Å². The van der Waals surface area contributed by atoms with Crippen LogP contribution in [0.5, 0.6) is 17.2 Å². The Balaban J connectivity index is 1.01. The van der Waals surface area contributed by atoms with Gasteiger partial charge in [-0.05, 0) is 61.1 Å². The summed E-state index contributed by atoms with van der Waals surface area (Å²) in [4.78, 5) is 42.2. The minimum atomic E-state index is -1.86. The fourth-order valence-electron chi connectivity index (χ4n) is 7.24. The van der Waals surface area contributed by atoms with E-state index in [0.717, 1.165) is 50.6 Å². The highest BCUT2D eigenvalue weighted by Gasteiger charge is 2.48. The monoisotopic (exact) mass is 804 g/mol. The van der Waals surface area contributed by atoms with Crippen molar-refractivity contribution in [2.45, 2.75) is 94.1 Å². The molecule has 2 aromatic rings. The normalized spacial score (nSPS) is 26.3. The largest absolute Gasteiger partial charge is 0.493 e.